The van der Waals surface area contributed by atoms with Gasteiger partial charge in [0.25, 0.3) is 0 Å². The molecule has 0 amide bonds. The van der Waals surface area contributed by atoms with Crippen LogP contribution in [0.5, 0.6) is 5.75 Å². The average Bonchev–Trinajstić information content (AvgIpc) is 3.40. The molecule has 1 fully saturated rings. The number of nitrogens with one attached hydrogen (secondary N) is 1. The average molecular weight is 459 g/mol. The first kappa shape index (κ1) is 24.0. The molecule has 0 saturated carbocycles. The molecule has 178 valence electrons. The Kier molecular flexibility index (Phi) is 8.71. The van der Waals surface area contributed by atoms with Gasteiger partial charge in [-0.3, -0.25) is 9.69 Å². The molecule has 1 atom stereocenters. The Morgan fingerprint density at radius 2 is 1.53 bits per heavy atom. The predicted octanol–water partition coefficient (Wildman–Crippen LogP) is 5.21. The molecule has 0 aromatic heterocycles. The van der Waals surface area contributed by atoms with E-state index in [1.807, 2.05) is 24.3 Å². The second-order valence-corrected chi connectivity index (χ2v) is 8.94. The minimum atomic E-state index is -0.776. The molecule has 1 aliphatic heterocycles. The second-order valence-electron chi connectivity index (χ2n) is 8.94. The zero-order valence-electron chi connectivity index (χ0n) is 19.7. The van der Waals surface area contributed by atoms with E-state index in [4.69, 9.17) is 9.84 Å². The van der Waals surface area contributed by atoms with E-state index in [0.29, 0.717) is 19.1 Å². The minimum absolute atomic E-state index is 0.145. The monoisotopic (exact) mass is 458 g/mol. The van der Waals surface area contributed by atoms with Gasteiger partial charge in [0.05, 0.1) is 0 Å². The summed E-state index contributed by atoms with van der Waals surface area (Å²) < 4.78 is 5.89. The molecule has 1 unspecified atom stereocenters. The summed E-state index contributed by atoms with van der Waals surface area (Å²) >= 11 is 0. The van der Waals surface area contributed by atoms with Crippen LogP contribution in [0.4, 0.5) is 0 Å². The smallest absolute Gasteiger partial charge is 0.303 e. The van der Waals surface area contributed by atoms with Crippen LogP contribution in [0.1, 0.15) is 47.6 Å². The topological polar surface area (TPSA) is 61.8 Å². The highest BCUT2D eigenvalue weighted by atomic mass is 16.5. The molecule has 34 heavy (non-hydrogen) atoms. The summed E-state index contributed by atoms with van der Waals surface area (Å²) in [6.45, 7) is 4.66. The molecule has 1 aliphatic rings. The maximum absolute atomic E-state index is 10.7. The summed E-state index contributed by atoms with van der Waals surface area (Å²) in [4.78, 5) is 13.3. The quantitative estimate of drug-likeness (QED) is 0.390. The summed E-state index contributed by atoms with van der Waals surface area (Å²) in [6.07, 6.45) is 3.27. The Hall–Kier alpha value is -3.15. The summed E-state index contributed by atoms with van der Waals surface area (Å²) in [6, 6.07) is 27.5. The van der Waals surface area contributed by atoms with Crippen molar-refractivity contribution < 1.29 is 14.6 Å². The largest absolute Gasteiger partial charge is 0.489 e. The van der Waals surface area contributed by atoms with Gasteiger partial charge in [0.1, 0.15) is 12.4 Å². The fourth-order valence-electron chi connectivity index (χ4n) is 4.46. The van der Waals surface area contributed by atoms with Gasteiger partial charge < -0.3 is 15.2 Å². The molecule has 1 heterocycles. The van der Waals surface area contributed by atoms with Gasteiger partial charge in [0, 0.05) is 25.6 Å². The van der Waals surface area contributed by atoms with Crippen LogP contribution < -0.4 is 10.1 Å². The number of rotatable bonds is 12. The first-order valence-corrected chi connectivity index (χ1v) is 12.2. The summed E-state index contributed by atoms with van der Waals surface area (Å²) in [5, 5.41) is 12.5. The number of nitrogens with zero attached hydrogens (tertiary/aromatic N) is 1. The molecule has 3 aromatic carbocycles. The third-order valence-corrected chi connectivity index (χ3v) is 6.41. The summed E-state index contributed by atoms with van der Waals surface area (Å²) in [5.41, 5.74) is 4.78. The van der Waals surface area contributed by atoms with Crippen molar-refractivity contribution >= 4 is 5.97 Å². The van der Waals surface area contributed by atoms with Crippen LogP contribution in [0.15, 0.2) is 78.9 Å². The molecule has 0 aliphatic carbocycles. The molecular weight excluding hydrogens is 424 g/mol. The maximum Gasteiger partial charge on any atom is 0.303 e. The van der Waals surface area contributed by atoms with E-state index in [9.17, 15) is 4.79 Å². The van der Waals surface area contributed by atoms with Crippen LogP contribution in [-0.2, 0) is 24.4 Å². The number of aliphatic carboxylic acids is 1. The lowest BCUT2D eigenvalue weighted by molar-refractivity contribution is -0.136. The van der Waals surface area contributed by atoms with Gasteiger partial charge in [-0.05, 0) is 66.7 Å². The van der Waals surface area contributed by atoms with Crippen molar-refractivity contribution in [2.24, 2.45) is 0 Å². The lowest BCUT2D eigenvalue weighted by atomic mass is 10.1. The van der Waals surface area contributed by atoms with E-state index in [1.54, 1.807) is 0 Å². The molecule has 5 nitrogen and oxygen atoms in total. The number of hydrogen-bond acceptors (Lipinski definition) is 4. The standard InChI is InChI=1S/C29H34N2O3/c32-29(33)17-14-23-12-15-27(16-13-23)34-22-25-10-8-24(9-11-25)20-30-21-28(31-18-4-5-19-31)26-6-2-1-3-7-26/h1-3,6-13,15-16,28,30H,4-5,14,17-22H2,(H,32,33). The fraction of sp³-hybridized carbons (Fsp3) is 0.345. The zero-order chi connectivity index (χ0) is 23.6. The Morgan fingerprint density at radius 3 is 2.21 bits per heavy atom. The molecule has 1 saturated heterocycles. The normalized spacial score (nSPS) is 14.7. The molecule has 3 aromatic rings. The highest BCUT2D eigenvalue weighted by Gasteiger charge is 2.22. The van der Waals surface area contributed by atoms with E-state index in [0.717, 1.165) is 30.0 Å². The Bertz CT molecular complexity index is 1010. The third-order valence-electron chi connectivity index (χ3n) is 6.41. The number of carboxylic acid groups (broad SMARTS) is 1. The van der Waals surface area contributed by atoms with E-state index in [-0.39, 0.29) is 6.42 Å². The number of carboxylic acids is 1. The molecule has 2 N–H and O–H groups in total. The van der Waals surface area contributed by atoms with Crippen LogP contribution in [0.2, 0.25) is 0 Å². The van der Waals surface area contributed by atoms with Crippen LogP contribution in [0, 0.1) is 0 Å². The molecule has 5 heteroatoms. The van der Waals surface area contributed by atoms with Crippen molar-refractivity contribution in [1.29, 1.82) is 0 Å². The van der Waals surface area contributed by atoms with E-state index in [2.05, 4.69) is 64.8 Å². The number of carbonyl (C=O) groups is 1. The van der Waals surface area contributed by atoms with Crippen LogP contribution in [0.25, 0.3) is 0 Å². The van der Waals surface area contributed by atoms with E-state index < -0.39 is 5.97 Å². The lowest BCUT2D eigenvalue weighted by Crippen LogP contribution is -2.34. The number of benzene rings is 3. The third kappa shape index (κ3) is 7.17. The molecule has 0 radical (unpaired) electrons. The summed E-state index contributed by atoms with van der Waals surface area (Å²) in [5.74, 6) is 0.0141. The number of aryl methyl sites for hydroxylation is 1. The Morgan fingerprint density at radius 1 is 0.882 bits per heavy atom. The van der Waals surface area contributed by atoms with Crippen LogP contribution in [-0.4, -0.2) is 35.6 Å². The van der Waals surface area contributed by atoms with Gasteiger partial charge in [-0.1, -0.05) is 66.7 Å². The zero-order valence-corrected chi connectivity index (χ0v) is 19.7. The van der Waals surface area contributed by atoms with Gasteiger partial charge in [-0.2, -0.15) is 0 Å². The lowest BCUT2D eigenvalue weighted by Gasteiger charge is -2.28. The first-order valence-electron chi connectivity index (χ1n) is 12.2. The maximum atomic E-state index is 10.7. The van der Waals surface area contributed by atoms with Crippen LogP contribution >= 0.6 is 0 Å². The van der Waals surface area contributed by atoms with Crippen molar-refractivity contribution in [3.05, 3.63) is 101 Å². The SMILES string of the molecule is O=C(O)CCc1ccc(OCc2ccc(CNCC(c3ccccc3)N3CCCC3)cc2)cc1. The highest BCUT2D eigenvalue weighted by Crippen LogP contribution is 2.24. The van der Waals surface area contributed by atoms with Crippen LogP contribution in [0.3, 0.4) is 0 Å². The van der Waals surface area contributed by atoms with Gasteiger partial charge in [-0.15, -0.1) is 0 Å². The molecule has 4 rings (SSSR count). The van der Waals surface area contributed by atoms with E-state index in [1.165, 1.54) is 37.1 Å². The van der Waals surface area contributed by atoms with Gasteiger partial charge in [0.15, 0.2) is 0 Å². The fourth-order valence-corrected chi connectivity index (χ4v) is 4.46. The first-order chi connectivity index (χ1) is 16.7. The Balaban J connectivity index is 1.24. The molecular formula is C29H34N2O3. The Labute approximate surface area is 202 Å². The number of likely N-dealkylation sites (tertiary alicyclic amines) is 1. The van der Waals surface area contributed by atoms with E-state index >= 15 is 0 Å². The van der Waals surface area contributed by atoms with Crippen molar-refractivity contribution in [1.82, 2.24) is 10.2 Å². The van der Waals surface area contributed by atoms with Gasteiger partial charge >= 0.3 is 5.97 Å². The predicted molar refractivity (Wildman–Crippen MR) is 135 cm³/mol. The molecule has 0 spiro atoms. The summed E-state index contributed by atoms with van der Waals surface area (Å²) in [7, 11) is 0. The number of ether oxygens (including phenoxy) is 1. The molecule has 0 bridgehead atoms. The van der Waals surface area contributed by atoms with Gasteiger partial charge in [0.2, 0.25) is 0 Å². The second kappa shape index (κ2) is 12.4. The van der Waals surface area contributed by atoms with Crippen molar-refractivity contribution in [3.8, 4) is 5.75 Å². The van der Waals surface area contributed by atoms with Gasteiger partial charge in [-0.25, -0.2) is 0 Å². The highest BCUT2D eigenvalue weighted by molar-refractivity contribution is 5.67. The number of hydrogen-bond donors (Lipinski definition) is 2. The van der Waals surface area contributed by atoms with Crippen molar-refractivity contribution in [2.45, 2.75) is 44.9 Å². The van der Waals surface area contributed by atoms with Crippen molar-refractivity contribution in [3.63, 3.8) is 0 Å². The minimum Gasteiger partial charge on any atom is -0.489 e. The van der Waals surface area contributed by atoms with Crippen molar-refractivity contribution in [2.75, 3.05) is 19.6 Å².